The van der Waals surface area contributed by atoms with Crippen LogP contribution in [0.5, 0.6) is 0 Å². The molecular weight excluding hydrogens is 250 g/mol. The fourth-order valence-corrected chi connectivity index (χ4v) is 3.00. The number of carbonyl (C=O) groups excluding carboxylic acids is 1. The Kier molecular flexibility index (Phi) is 4.05. The second kappa shape index (κ2) is 6.12. The first-order valence-electron chi connectivity index (χ1n) is 7.51. The van der Waals surface area contributed by atoms with Gasteiger partial charge in [-0.2, -0.15) is 0 Å². The summed E-state index contributed by atoms with van der Waals surface area (Å²) < 4.78 is 5.23. The van der Waals surface area contributed by atoms with Crippen LogP contribution in [0.25, 0.3) is 0 Å². The second-order valence-corrected chi connectivity index (χ2v) is 5.68. The summed E-state index contributed by atoms with van der Waals surface area (Å²) in [5.41, 5.74) is 2.65. The smallest absolute Gasteiger partial charge is 0.414 e. The van der Waals surface area contributed by atoms with E-state index in [9.17, 15) is 4.79 Å². The van der Waals surface area contributed by atoms with Crippen LogP contribution in [0.1, 0.15) is 37.7 Å². The minimum atomic E-state index is -0.191. The van der Waals surface area contributed by atoms with Crippen molar-refractivity contribution >= 4 is 6.09 Å². The van der Waals surface area contributed by atoms with Gasteiger partial charge < -0.3 is 4.74 Å². The van der Waals surface area contributed by atoms with Gasteiger partial charge in [0.25, 0.3) is 0 Å². The van der Waals surface area contributed by atoms with Gasteiger partial charge in [-0.15, -0.1) is 0 Å². The number of nitrogens with zero attached hydrogens (tertiary/aromatic N) is 1. The summed E-state index contributed by atoms with van der Waals surface area (Å²) in [4.78, 5) is 13.7. The zero-order chi connectivity index (χ0) is 13.8. The quantitative estimate of drug-likeness (QED) is 0.834. The highest BCUT2D eigenvalue weighted by Gasteiger charge is 2.31. The number of cyclic esters (lactones) is 1. The molecule has 2 fully saturated rings. The maximum absolute atomic E-state index is 11.9. The molecule has 1 amide bonds. The summed E-state index contributed by atoms with van der Waals surface area (Å²) in [7, 11) is 0. The Bertz CT molecular complexity index is 487. The van der Waals surface area contributed by atoms with Crippen molar-refractivity contribution in [1.82, 2.24) is 4.90 Å². The molecule has 3 rings (SSSR count). The summed E-state index contributed by atoms with van der Waals surface area (Å²) in [5, 5.41) is 0. The number of rotatable bonds is 3. The van der Waals surface area contributed by atoms with E-state index >= 15 is 0 Å². The fraction of sp³-hybridized carbons (Fsp3) is 0.471. The number of allylic oxidation sites excluding steroid dienone is 1. The normalized spacial score (nSPS) is 22.8. The minimum absolute atomic E-state index is 0.138. The van der Waals surface area contributed by atoms with Crippen LogP contribution in [0, 0.1) is 0 Å². The van der Waals surface area contributed by atoms with E-state index in [2.05, 4.69) is 18.3 Å². The van der Waals surface area contributed by atoms with E-state index in [-0.39, 0.29) is 12.1 Å². The molecule has 1 heterocycles. The van der Waals surface area contributed by atoms with Crippen LogP contribution in [0.3, 0.4) is 0 Å². The summed E-state index contributed by atoms with van der Waals surface area (Å²) in [6.07, 6.45) is 8.79. The maximum atomic E-state index is 11.9. The average Bonchev–Trinajstić information content (AvgIpc) is 2.83. The Morgan fingerprint density at radius 2 is 1.90 bits per heavy atom. The van der Waals surface area contributed by atoms with Crippen LogP contribution in [0.15, 0.2) is 42.1 Å². The van der Waals surface area contributed by atoms with E-state index in [0.29, 0.717) is 6.61 Å². The lowest BCUT2D eigenvalue weighted by molar-refractivity contribution is 0.166. The Morgan fingerprint density at radius 1 is 1.15 bits per heavy atom. The van der Waals surface area contributed by atoms with Crippen molar-refractivity contribution < 1.29 is 9.53 Å². The summed E-state index contributed by atoms with van der Waals surface area (Å²) in [6, 6.07) is 10.4. The molecule has 1 aromatic carbocycles. The lowest BCUT2D eigenvalue weighted by Crippen LogP contribution is -2.31. The standard InChI is InChI=1S/C17H21NO2/c19-17-18(12-15-9-5-2-6-10-15)16(13-20-17)11-14-7-3-1-4-8-14/h1,3-4,7-8,12,16H,2,5-6,9-11,13H2. The van der Waals surface area contributed by atoms with Gasteiger partial charge in [0.05, 0.1) is 6.04 Å². The minimum Gasteiger partial charge on any atom is -0.447 e. The Labute approximate surface area is 120 Å². The molecule has 0 N–H and O–H groups in total. The molecule has 0 radical (unpaired) electrons. The second-order valence-electron chi connectivity index (χ2n) is 5.68. The molecule has 0 bridgehead atoms. The molecule has 3 heteroatoms. The molecule has 106 valence electrons. The molecule has 1 aliphatic heterocycles. The van der Waals surface area contributed by atoms with Crippen molar-refractivity contribution in [3.05, 3.63) is 47.7 Å². The first-order chi connectivity index (χ1) is 9.83. The molecule has 3 nitrogen and oxygen atoms in total. The van der Waals surface area contributed by atoms with Crippen molar-refractivity contribution in [3.8, 4) is 0 Å². The number of benzene rings is 1. The van der Waals surface area contributed by atoms with Gasteiger partial charge in [-0.1, -0.05) is 42.3 Å². The van der Waals surface area contributed by atoms with Gasteiger partial charge in [0.1, 0.15) is 6.61 Å². The van der Waals surface area contributed by atoms with Crippen molar-refractivity contribution in [1.29, 1.82) is 0 Å². The third-order valence-electron chi connectivity index (χ3n) is 4.13. The van der Waals surface area contributed by atoms with E-state index in [4.69, 9.17) is 4.74 Å². The predicted octanol–water partition coefficient (Wildman–Crippen LogP) is 3.90. The molecule has 1 aromatic rings. The molecule has 2 aliphatic rings. The number of hydrogen-bond donors (Lipinski definition) is 0. The number of hydrogen-bond acceptors (Lipinski definition) is 2. The molecule has 1 unspecified atom stereocenters. The van der Waals surface area contributed by atoms with E-state index in [1.807, 2.05) is 23.1 Å². The number of ether oxygens (including phenoxy) is 1. The monoisotopic (exact) mass is 271 g/mol. The van der Waals surface area contributed by atoms with Crippen molar-refractivity contribution in [2.24, 2.45) is 0 Å². The van der Waals surface area contributed by atoms with Crippen LogP contribution >= 0.6 is 0 Å². The summed E-state index contributed by atoms with van der Waals surface area (Å²) in [6.45, 7) is 0.498. The van der Waals surface area contributed by atoms with Crippen LogP contribution in [0.2, 0.25) is 0 Å². The van der Waals surface area contributed by atoms with E-state index in [0.717, 1.165) is 19.3 Å². The van der Waals surface area contributed by atoms with E-state index in [1.165, 1.54) is 30.4 Å². The highest BCUT2D eigenvalue weighted by Crippen LogP contribution is 2.26. The predicted molar refractivity (Wildman–Crippen MR) is 78.3 cm³/mol. The maximum Gasteiger partial charge on any atom is 0.414 e. The van der Waals surface area contributed by atoms with Crippen molar-refractivity contribution in [2.75, 3.05) is 6.61 Å². The molecular formula is C17H21NO2. The Hall–Kier alpha value is -1.77. The van der Waals surface area contributed by atoms with E-state index in [1.54, 1.807) is 0 Å². The first-order valence-corrected chi connectivity index (χ1v) is 7.51. The zero-order valence-electron chi connectivity index (χ0n) is 11.8. The third kappa shape index (κ3) is 3.03. The summed E-state index contributed by atoms with van der Waals surface area (Å²) >= 11 is 0. The Morgan fingerprint density at radius 3 is 2.65 bits per heavy atom. The van der Waals surface area contributed by atoms with Gasteiger partial charge in [0, 0.05) is 6.20 Å². The van der Waals surface area contributed by atoms with Gasteiger partial charge in [0.2, 0.25) is 0 Å². The molecule has 1 saturated heterocycles. The van der Waals surface area contributed by atoms with Crippen LogP contribution < -0.4 is 0 Å². The lowest BCUT2D eigenvalue weighted by atomic mass is 9.95. The molecule has 0 aromatic heterocycles. The number of amides is 1. The van der Waals surface area contributed by atoms with Crippen LogP contribution in [-0.2, 0) is 11.2 Å². The van der Waals surface area contributed by atoms with E-state index < -0.39 is 0 Å². The topological polar surface area (TPSA) is 29.5 Å². The van der Waals surface area contributed by atoms with Gasteiger partial charge in [-0.3, -0.25) is 4.90 Å². The highest BCUT2D eigenvalue weighted by atomic mass is 16.6. The van der Waals surface area contributed by atoms with Gasteiger partial charge >= 0.3 is 6.09 Å². The molecule has 20 heavy (non-hydrogen) atoms. The van der Waals surface area contributed by atoms with Gasteiger partial charge in [-0.25, -0.2) is 4.79 Å². The average molecular weight is 271 g/mol. The third-order valence-corrected chi connectivity index (χ3v) is 4.13. The lowest BCUT2D eigenvalue weighted by Gasteiger charge is -2.21. The molecule has 1 aliphatic carbocycles. The number of carbonyl (C=O) groups is 1. The molecule has 1 atom stereocenters. The van der Waals surface area contributed by atoms with Gasteiger partial charge in [0.15, 0.2) is 0 Å². The van der Waals surface area contributed by atoms with Gasteiger partial charge in [-0.05, 0) is 37.7 Å². The van der Waals surface area contributed by atoms with Crippen LogP contribution in [0.4, 0.5) is 4.79 Å². The summed E-state index contributed by atoms with van der Waals surface area (Å²) in [5.74, 6) is 0. The highest BCUT2D eigenvalue weighted by molar-refractivity contribution is 5.71. The first kappa shape index (κ1) is 13.2. The molecule has 0 spiro atoms. The van der Waals surface area contributed by atoms with Crippen molar-refractivity contribution in [2.45, 2.75) is 44.6 Å². The SMILES string of the molecule is O=C1OCC(Cc2ccccc2)N1C=C1CCCCC1. The Balaban J connectivity index is 1.71. The molecule has 1 saturated carbocycles. The fourth-order valence-electron chi connectivity index (χ4n) is 3.00. The largest absolute Gasteiger partial charge is 0.447 e. The zero-order valence-corrected chi connectivity index (χ0v) is 11.8. The van der Waals surface area contributed by atoms with Crippen LogP contribution in [-0.4, -0.2) is 23.6 Å². The van der Waals surface area contributed by atoms with Crippen molar-refractivity contribution in [3.63, 3.8) is 0 Å².